The van der Waals surface area contributed by atoms with Crippen molar-refractivity contribution < 1.29 is 4.74 Å². The van der Waals surface area contributed by atoms with Crippen LogP contribution in [-0.2, 0) is 6.42 Å². The first-order valence-corrected chi connectivity index (χ1v) is 5.85. The third-order valence-corrected chi connectivity index (χ3v) is 2.73. The second-order valence-corrected chi connectivity index (χ2v) is 4.20. The minimum absolute atomic E-state index is 0.607. The molecule has 2 aromatic rings. The molecule has 2 N–H and O–H groups in total. The minimum atomic E-state index is 0.607. The topological polar surface area (TPSA) is 35.2 Å². The number of anilines is 1. The van der Waals surface area contributed by atoms with Gasteiger partial charge in [-0.05, 0) is 29.8 Å². The van der Waals surface area contributed by atoms with Gasteiger partial charge in [-0.25, -0.2) is 0 Å². The molecule has 2 aromatic carbocycles. The Morgan fingerprint density at radius 1 is 1.00 bits per heavy atom. The van der Waals surface area contributed by atoms with Crippen LogP contribution in [0.25, 0.3) is 0 Å². The van der Waals surface area contributed by atoms with Crippen LogP contribution in [0.5, 0.6) is 5.75 Å². The van der Waals surface area contributed by atoms with Crippen molar-refractivity contribution in [2.45, 2.75) is 6.42 Å². The van der Waals surface area contributed by atoms with Crippen molar-refractivity contribution in [3.8, 4) is 5.75 Å². The fourth-order valence-electron chi connectivity index (χ4n) is 1.54. The van der Waals surface area contributed by atoms with E-state index >= 15 is 0 Å². The van der Waals surface area contributed by atoms with Gasteiger partial charge >= 0.3 is 0 Å². The lowest BCUT2D eigenvalue weighted by Gasteiger charge is -2.08. The Kier molecular flexibility index (Phi) is 3.89. The van der Waals surface area contributed by atoms with E-state index in [-0.39, 0.29) is 0 Å². The lowest BCUT2D eigenvalue weighted by molar-refractivity contribution is 0.323. The van der Waals surface area contributed by atoms with E-state index in [1.807, 2.05) is 48.5 Å². The molecule has 0 unspecified atom stereocenters. The standard InChI is InChI=1S/C14H14ClNO/c15-12-7-5-11(6-8-12)9-10-17-14-4-2-1-3-13(14)16/h1-8H,9-10,16H2. The highest BCUT2D eigenvalue weighted by Crippen LogP contribution is 2.20. The zero-order chi connectivity index (χ0) is 12.1. The summed E-state index contributed by atoms with van der Waals surface area (Å²) in [6, 6.07) is 15.3. The summed E-state index contributed by atoms with van der Waals surface area (Å²) >= 11 is 5.81. The lowest BCUT2D eigenvalue weighted by Crippen LogP contribution is -2.03. The summed E-state index contributed by atoms with van der Waals surface area (Å²) in [5, 5.41) is 0.752. The molecular formula is C14H14ClNO. The van der Waals surface area contributed by atoms with E-state index in [0.29, 0.717) is 12.3 Å². The maximum absolute atomic E-state index is 5.81. The smallest absolute Gasteiger partial charge is 0.142 e. The van der Waals surface area contributed by atoms with Gasteiger partial charge in [-0.2, -0.15) is 0 Å². The number of hydrogen-bond donors (Lipinski definition) is 1. The first-order valence-electron chi connectivity index (χ1n) is 5.47. The van der Waals surface area contributed by atoms with E-state index in [0.717, 1.165) is 17.2 Å². The molecule has 0 aliphatic carbocycles. The SMILES string of the molecule is Nc1ccccc1OCCc1ccc(Cl)cc1. The molecule has 0 spiro atoms. The number of ether oxygens (including phenoxy) is 1. The van der Waals surface area contributed by atoms with E-state index < -0.39 is 0 Å². The van der Waals surface area contributed by atoms with Crippen LogP contribution < -0.4 is 10.5 Å². The predicted molar refractivity (Wildman–Crippen MR) is 71.5 cm³/mol. The molecule has 0 fully saturated rings. The van der Waals surface area contributed by atoms with E-state index in [1.54, 1.807) is 0 Å². The number of nitrogens with two attached hydrogens (primary N) is 1. The summed E-state index contributed by atoms with van der Waals surface area (Å²) in [6.07, 6.45) is 0.839. The Labute approximate surface area is 106 Å². The lowest BCUT2D eigenvalue weighted by atomic mass is 10.2. The summed E-state index contributed by atoms with van der Waals surface area (Å²) in [4.78, 5) is 0. The maximum Gasteiger partial charge on any atom is 0.142 e. The maximum atomic E-state index is 5.81. The molecule has 0 amide bonds. The average molecular weight is 248 g/mol. The fraction of sp³-hybridized carbons (Fsp3) is 0.143. The zero-order valence-corrected chi connectivity index (χ0v) is 10.2. The molecule has 0 bridgehead atoms. The molecule has 0 saturated carbocycles. The van der Waals surface area contributed by atoms with Crippen LogP contribution in [0.3, 0.4) is 0 Å². The van der Waals surface area contributed by atoms with E-state index in [2.05, 4.69) is 0 Å². The van der Waals surface area contributed by atoms with Crippen molar-refractivity contribution in [3.05, 3.63) is 59.1 Å². The van der Waals surface area contributed by atoms with Crippen LogP contribution in [0.4, 0.5) is 5.69 Å². The summed E-state index contributed by atoms with van der Waals surface area (Å²) in [5.41, 5.74) is 7.65. The first kappa shape index (κ1) is 11.8. The van der Waals surface area contributed by atoms with E-state index in [9.17, 15) is 0 Å². The molecular weight excluding hydrogens is 234 g/mol. The van der Waals surface area contributed by atoms with Crippen molar-refractivity contribution >= 4 is 17.3 Å². The fourth-order valence-corrected chi connectivity index (χ4v) is 1.67. The predicted octanol–water partition coefficient (Wildman–Crippen LogP) is 3.54. The summed E-state index contributed by atoms with van der Waals surface area (Å²) in [6.45, 7) is 0.607. The van der Waals surface area contributed by atoms with Crippen molar-refractivity contribution in [1.29, 1.82) is 0 Å². The molecule has 0 saturated heterocycles. The van der Waals surface area contributed by atoms with Gasteiger partial charge in [-0.1, -0.05) is 35.9 Å². The van der Waals surface area contributed by atoms with Crippen molar-refractivity contribution in [3.63, 3.8) is 0 Å². The highest BCUT2D eigenvalue weighted by Gasteiger charge is 1.99. The number of nitrogen functional groups attached to an aromatic ring is 1. The number of para-hydroxylation sites is 2. The second-order valence-electron chi connectivity index (χ2n) is 3.76. The molecule has 0 aromatic heterocycles. The molecule has 17 heavy (non-hydrogen) atoms. The minimum Gasteiger partial charge on any atom is -0.491 e. The van der Waals surface area contributed by atoms with Gasteiger partial charge in [0.05, 0.1) is 12.3 Å². The van der Waals surface area contributed by atoms with Gasteiger partial charge in [0.15, 0.2) is 0 Å². The molecule has 0 aliphatic heterocycles. The molecule has 3 heteroatoms. The zero-order valence-electron chi connectivity index (χ0n) is 9.40. The Bertz CT molecular complexity index is 482. The van der Waals surface area contributed by atoms with Gasteiger partial charge in [-0.3, -0.25) is 0 Å². The third-order valence-electron chi connectivity index (χ3n) is 2.48. The van der Waals surface area contributed by atoms with E-state index in [4.69, 9.17) is 22.1 Å². The van der Waals surface area contributed by atoms with Crippen LogP contribution >= 0.6 is 11.6 Å². The second kappa shape index (κ2) is 5.60. The molecule has 2 rings (SSSR count). The van der Waals surface area contributed by atoms with Crippen LogP contribution in [0, 0.1) is 0 Å². The van der Waals surface area contributed by atoms with Gasteiger partial charge in [0.1, 0.15) is 5.75 Å². The summed E-state index contributed by atoms with van der Waals surface area (Å²) in [5.74, 6) is 0.737. The van der Waals surface area contributed by atoms with Gasteiger partial charge < -0.3 is 10.5 Å². The molecule has 88 valence electrons. The Morgan fingerprint density at radius 3 is 2.41 bits per heavy atom. The quantitative estimate of drug-likeness (QED) is 0.839. The number of benzene rings is 2. The average Bonchev–Trinajstić information content (AvgIpc) is 2.34. The Morgan fingerprint density at radius 2 is 1.71 bits per heavy atom. The number of hydrogen-bond acceptors (Lipinski definition) is 2. The highest BCUT2D eigenvalue weighted by atomic mass is 35.5. The van der Waals surface area contributed by atoms with Crippen LogP contribution in [0.2, 0.25) is 5.02 Å². The van der Waals surface area contributed by atoms with Gasteiger partial charge in [-0.15, -0.1) is 0 Å². The molecule has 0 radical (unpaired) electrons. The molecule has 0 atom stereocenters. The number of halogens is 1. The molecule has 2 nitrogen and oxygen atoms in total. The van der Waals surface area contributed by atoms with Crippen LogP contribution in [0.15, 0.2) is 48.5 Å². The molecule has 0 heterocycles. The van der Waals surface area contributed by atoms with Crippen molar-refractivity contribution in [1.82, 2.24) is 0 Å². The monoisotopic (exact) mass is 247 g/mol. The Hall–Kier alpha value is -1.67. The van der Waals surface area contributed by atoms with Crippen LogP contribution in [-0.4, -0.2) is 6.61 Å². The van der Waals surface area contributed by atoms with Gasteiger partial charge in [0.25, 0.3) is 0 Å². The van der Waals surface area contributed by atoms with Gasteiger partial charge in [0.2, 0.25) is 0 Å². The summed E-state index contributed by atoms with van der Waals surface area (Å²) < 4.78 is 5.61. The van der Waals surface area contributed by atoms with Crippen molar-refractivity contribution in [2.75, 3.05) is 12.3 Å². The highest BCUT2D eigenvalue weighted by molar-refractivity contribution is 6.30. The van der Waals surface area contributed by atoms with Gasteiger partial charge in [0, 0.05) is 11.4 Å². The largest absolute Gasteiger partial charge is 0.491 e. The molecule has 0 aliphatic rings. The first-order chi connectivity index (χ1) is 8.25. The Balaban J connectivity index is 1.88. The normalized spacial score (nSPS) is 10.2. The van der Waals surface area contributed by atoms with Crippen LogP contribution in [0.1, 0.15) is 5.56 Å². The van der Waals surface area contributed by atoms with Crippen molar-refractivity contribution in [2.24, 2.45) is 0 Å². The summed E-state index contributed by atoms with van der Waals surface area (Å²) in [7, 11) is 0. The number of rotatable bonds is 4. The third kappa shape index (κ3) is 3.40. The van der Waals surface area contributed by atoms with E-state index in [1.165, 1.54) is 5.56 Å².